The van der Waals surface area contributed by atoms with E-state index in [1.807, 2.05) is 9.47 Å². The van der Waals surface area contributed by atoms with E-state index in [0.717, 1.165) is 51.1 Å². The lowest BCUT2D eigenvalue weighted by atomic mass is 10.1. The molecule has 8 heteroatoms. The van der Waals surface area contributed by atoms with Gasteiger partial charge < -0.3 is 19.1 Å². The maximum atomic E-state index is 15.2. The van der Waals surface area contributed by atoms with Crippen molar-refractivity contribution in [1.82, 2.24) is 9.47 Å². The summed E-state index contributed by atoms with van der Waals surface area (Å²) in [4.78, 5) is 30.4. The zero-order valence-electron chi connectivity index (χ0n) is 19.1. The highest BCUT2D eigenvalue weighted by molar-refractivity contribution is 6.30. The van der Waals surface area contributed by atoms with E-state index in [-0.39, 0.29) is 23.6 Å². The van der Waals surface area contributed by atoms with Crippen LogP contribution in [0.2, 0.25) is 5.02 Å². The highest BCUT2D eigenvalue weighted by Crippen LogP contribution is 2.38. The van der Waals surface area contributed by atoms with Gasteiger partial charge in [0.25, 0.3) is 0 Å². The topological polar surface area (TPSA) is 54.8 Å². The third-order valence-corrected chi connectivity index (χ3v) is 6.96. The van der Waals surface area contributed by atoms with Gasteiger partial charge in [0.15, 0.2) is 0 Å². The second-order valence-corrected chi connectivity index (χ2v) is 9.39. The minimum Gasteiger partial charge on any atom is -0.457 e. The van der Waals surface area contributed by atoms with Gasteiger partial charge in [-0.05, 0) is 49.2 Å². The Kier molecular flexibility index (Phi) is 6.32. The van der Waals surface area contributed by atoms with Crippen molar-refractivity contribution in [2.75, 3.05) is 37.6 Å². The first-order chi connectivity index (χ1) is 16.4. The first-order valence-corrected chi connectivity index (χ1v) is 12.1. The number of esters is 1. The van der Waals surface area contributed by atoms with Gasteiger partial charge in [-0.1, -0.05) is 30.7 Å². The Balaban J connectivity index is 1.47. The molecule has 3 aromatic rings. The number of hydrogen-bond donors (Lipinski definition) is 0. The number of ether oxygens (including phenoxy) is 1. The predicted octanol–water partition coefficient (Wildman–Crippen LogP) is 4.63. The van der Waals surface area contributed by atoms with Crippen LogP contribution in [0.5, 0.6) is 0 Å². The van der Waals surface area contributed by atoms with Gasteiger partial charge in [0.05, 0.1) is 11.2 Å². The molecule has 1 aromatic heterocycles. The van der Waals surface area contributed by atoms with Crippen LogP contribution in [0.1, 0.15) is 41.7 Å². The highest BCUT2D eigenvalue weighted by Gasteiger charge is 2.29. The number of benzene rings is 2. The van der Waals surface area contributed by atoms with Crippen LogP contribution in [0.25, 0.3) is 10.9 Å². The molecule has 5 rings (SSSR count). The summed E-state index contributed by atoms with van der Waals surface area (Å²) in [6.45, 7) is 6.35. The Morgan fingerprint density at radius 3 is 2.47 bits per heavy atom. The van der Waals surface area contributed by atoms with Gasteiger partial charge in [-0.2, -0.15) is 0 Å². The molecule has 1 saturated heterocycles. The van der Waals surface area contributed by atoms with Crippen LogP contribution in [0.15, 0.2) is 47.4 Å². The Hall–Kier alpha value is -2.90. The van der Waals surface area contributed by atoms with E-state index in [9.17, 15) is 9.59 Å². The van der Waals surface area contributed by atoms with Crippen molar-refractivity contribution in [3.05, 3.63) is 74.8 Å². The number of nitrogens with zero attached hydrogens (tertiary/aromatic N) is 3. The van der Waals surface area contributed by atoms with E-state index in [4.69, 9.17) is 16.3 Å². The van der Waals surface area contributed by atoms with E-state index >= 15 is 4.39 Å². The SMILES string of the molecule is CCN1CCN(c2cc3c(cc2F)c(=O)c(C(=O)OCc2ccc(Cl)cc2)cn3C2CC2)CC1. The number of carbonyl (C=O) groups is 1. The fourth-order valence-electron chi connectivity index (χ4n) is 4.51. The van der Waals surface area contributed by atoms with Crippen LogP contribution >= 0.6 is 11.6 Å². The maximum Gasteiger partial charge on any atom is 0.343 e. The molecule has 1 saturated carbocycles. The van der Waals surface area contributed by atoms with Crippen LogP contribution in [-0.4, -0.2) is 48.2 Å². The van der Waals surface area contributed by atoms with E-state index in [0.29, 0.717) is 16.2 Å². The number of piperazine rings is 1. The van der Waals surface area contributed by atoms with E-state index in [1.54, 1.807) is 36.5 Å². The van der Waals surface area contributed by atoms with Gasteiger partial charge in [-0.3, -0.25) is 4.79 Å². The molecule has 178 valence electrons. The molecule has 0 unspecified atom stereocenters. The van der Waals surface area contributed by atoms with Crippen LogP contribution < -0.4 is 10.3 Å². The van der Waals surface area contributed by atoms with Gasteiger partial charge in [0, 0.05) is 48.8 Å². The molecule has 2 aliphatic rings. The third-order valence-electron chi connectivity index (χ3n) is 6.70. The summed E-state index contributed by atoms with van der Waals surface area (Å²) in [7, 11) is 0. The summed E-state index contributed by atoms with van der Waals surface area (Å²) in [5.74, 6) is -1.15. The molecular weight excluding hydrogens is 457 g/mol. The van der Waals surface area contributed by atoms with Crippen LogP contribution in [-0.2, 0) is 11.3 Å². The summed E-state index contributed by atoms with van der Waals surface area (Å²) in [5.41, 5.74) is 1.36. The monoisotopic (exact) mass is 483 g/mol. The second kappa shape index (κ2) is 9.39. The number of hydrogen-bond acceptors (Lipinski definition) is 5. The largest absolute Gasteiger partial charge is 0.457 e. The van der Waals surface area contributed by atoms with E-state index in [2.05, 4.69) is 11.8 Å². The average Bonchev–Trinajstić information content (AvgIpc) is 3.69. The second-order valence-electron chi connectivity index (χ2n) is 8.96. The lowest BCUT2D eigenvalue weighted by Gasteiger charge is -2.35. The number of halogens is 2. The number of anilines is 1. The molecule has 0 atom stereocenters. The summed E-state index contributed by atoms with van der Waals surface area (Å²) in [5, 5.41) is 0.798. The summed E-state index contributed by atoms with van der Waals surface area (Å²) < 4.78 is 22.6. The predicted molar refractivity (Wildman–Crippen MR) is 131 cm³/mol. The van der Waals surface area contributed by atoms with Crippen molar-refractivity contribution in [3.8, 4) is 0 Å². The quantitative estimate of drug-likeness (QED) is 0.478. The molecule has 0 radical (unpaired) electrons. The average molecular weight is 484 g/mol. The molecule has 0 spiro atoms. The summed E-state index contributed by atoms with van der Waals surface area (Å²) >= 11 is 5.90. The van der Waals surface area contributed by atoms with Crippen molar-refractivity contribution in [3.63, 3.8) is 0 Å². The third kappa shape index (κ3) is 4.55. The molecule has 2 heterocycles. The van der Waals surface area contributed by atoms with Crippen molar-refractivity contribution >= 4 is 34.2 Å². The molecule has 6 nitrogen and oxygen atoms in total. The van der Waals surface area contributed by atoms with E-state index in [1.165, 1.54) is 6.07 Å². The number of aromatic nitrogens is 1. The van der Waals surface area contributed by atoms with E-state index < -0.39 is 17.2 Å². The smallest absolute Gasteiger partial charge is 0.343 e. The van der Waals surface area contributed by atoms with Crippen LogP contribution in [0.3, 0.4) is 0 Å². The van der Waals surface area contributed by atoms with Gasteiger partial charge in [0.1, 0.15) is 18.0 Å². The van der Waals surface area contributed by atoms with Crippen molar-refractivity contribution < 1.29 is 13.9 Å². The van der Waals surface area contributed by atoms with Crippen molar-refractivity contribution in [2.24, 2.45) is 0 Å². The van der Waals surface area contributed by atoms with Crippen LogP contribution in [0.4, 0.5) is 10.1 Å². The van der Waals surface area contributed by atoms with Gasteiger partial charge >= 0.3 is 5.97 Å². The number of pyridine rings is 1. The zero-order chi connectivity index (χ0) is 23.8. The Morgan fingerprint density at radius 1 is 1.12 bits per heavy atom. The molecule has 0 N–H and O–H groups in total. The number of carbonyl (C=O) groups excluding carboxylic acids is 1. The fraction of sp³-hybridized carbons (Fsp3) is 0.385. The first kappa shape index (κ1) is 22.9. The standard InChI is InChI=1S/C26H27ClFN3O3/c1-2-29-9-11-30(12-10-29)24-14-23-20(13-22(24)28)25(32)21(15-31(23)19-7-8-19)26(33)34-16-17-3-5-18(27)6-4-17/h3-6,13-15,19H,2,7-12,16H2,1H3. The molecule has 2 fully saturated rings. The number of fused-ring (bicyclic) bond motifs is 1. The lowest BCUT2D eigenvalue weighted by Crippen LogP contribution is -2.46. The Morgan fingerprint density at radius 2 is 1.82 bits per heavy atom. The minimum atomic E-state index is -0.712. The van der Waals surface area contributed by atoms with Gasteiger partial charge in [0.2, 0.25) is 5.43 Å². The number of rotatable bonds is 6. The molecule has 1 aliphatic heterocycles. The Bertz CT molecular complexity index is 1280. The lowest BCUT2D eigenvalue weighted by molar-refractivity contribution is 0.0470. The highest BCUT2D eigenvalue weighted by atomic mass is 35.5. The first-order valence-electron chi connectivity index (χ1n) is 11.7. The van der Waals surface area contributed by atoms with Crippen LogP contribution in [0, 0.1) is 5.82 Å². The van der Waals surface area contributed by atoms with Gasteiger partial charge in [-0.25, -0.2) is 9.18 Å². The van der Waals surface area contributed by atoms with Crippen molar-refractivity contribution in [2.45, 2.75) is 32.4 Å². The molecule has 2 aromatic carbocycles. The fourth-order valence-corrected chi connectivity index (χ4v) is 4.64. The number of likely N-dealkylation sites (N-methyl/N-ethyl adjacent to an activating group) is 1. The van der Waals surface area contributed by atoms with Gasteiger partial charge in [-0.15, -0.1) is 0 Å². The molecule has 1 aliphatic carbocycles. The summed E-state index contributed by atoms with van der Waals surface area (Å²) in [6, 6.07) is 10.2. The molecule has 0 amide bonds. The van der Waals surface area contributed by atoms with Crippen molar-refractivity contribution in [1.29, 1.82) is 0 Å². The minimum absolute atomic E-state index is 0.0218. The normalized spacial score (nSPS) is 16.7. The zero-order valence-corrected chi connectivity index (χ0v) is 19.9. The molecule has 0 bridgehead atoms. The maximum absolute atomic E-state index is 15.2. The molecule has 34 heavy (non-hydrogen) atoms. The Labute approximate surface area is 202 Å². The molecular formula is C26H27ClFN3O3. The summed E-state index contributed by atoms with van der Waals surface area (Å²) in [6.07, 6.45) is 3.50.